The number of hydrogen-bond donors (Lipinski definition) is 0. The molecule has 0 unspecified atom stereocenters. The highest BCUT2D eigenvalue weighted by Crippen LogP contribution is 2.24. The monoisotopic (exact) mass is 305 g/mol. The minimum absolute atomic E-state index is 0.136. The third-order valence-electron chi connectivity index (χ3n) is 1.57. The predicted octanol–water partition coefficient (Wildman–Crippen LogP) is 3.02. The highest BCUT2D eigenvalue weighted by atomic mass is 127. The van der Waals surface area contributed by atoms with Crippen LogP contribution in [0, 0.1) is 14.9 Å². The van der Waals surface area contributed by atoms with Gasteiger partial charge in [0.2, 0.25) is 0 Å². The lowest BCUT2D eigenvalue weighted by atomic mass is 10.1. The summed E-state index contributed by atoms with van der Waals surface area (Å²) in [4.78, 5) is 11.2. The van der Waals surface area contributed by atoms with Gasteiger partial charge in [0.1, 0.15) is 6.07 Å². The zero-order valence-corrected chi connectivity index (χ0v) is 9.68. The molecule has 2 nitrogen and oxygen atoms in total. The first-order valence-electron chi connectivity index (χ1n) is 3.47. The third-order valence-corrected chi connectivity index (χ3v) is 2.78. The van der Waals surface area contributed by atoms with E-state index in [1.165, 1.54) is 6.92 Å². The Balaban J connectivity index is 3.55. The summed E-state index contributed by atoms with van der Waals surface area (Å²) in [6, 6.07) is 5.27. The molecule has 0 saturated carbocycles. The summed E-state index contributed by atoms with van der Waals surface area (Å²) >= 11 is 7.78. The van der Waals surface area contributed by atoms with Crippen LogP contribution in [0.5, 0.6) is 0 Å². The normalized spacial score (nSPS) is 9.38. The molecule has 0 aliphatic rings. The van der Waals surface area contributed by atoms with E-state index in [-0.39, 0.29) is 11.3 Å². The number of Topliss-reactive ketones (excluding diaryl/α,β-unsaturated/α-hetero) is 1. The maximum absolute atomic E-state index is 11.2. The molecule has 0 radical (unpaired) electrons. The Labute approximate surface area is 94.6 Å². The van der Waals surface area contributed by atoms with E-state index in [0.717, 1.165) is 3.57 Å². The number of carbonyl (C=O) groups is 1. The van der Waals surface area contributed by atoms with Gasteiger partial charge in [-0.05, 0) is 41.6 Å². The lowest BCUT2D eigenvalue weighted by Crippen LogP contribution is -2.00. The van der Waals surface area contributed by atoms with Gasteiger partial charge >= 0.3 is 0 Å². The maximum Gasteiger partial charge on any atom is 0.162 e. The van der Waals surface area contributed by atoms with Gasteiger partial charge in [-0.1, -0.05) is 11.6 Å². The Hall–Kier alpha value is -0.600. The zero-order valence-electron chi connectivity index (χ0n) is 6.77. The second kappa shape index (κ2) is 4.07. The average molecular weight is 306 g/mol. The zero-order chi connectivity index (χ0) is 10.0. The summed E-state index contributed by atoms with van der Waals surface area (Å²) in [5, 5.41) is 9.11. The second-order valence-corrected chi connectivity index (χ2v) is 4.02. The van der Waals surface area contributed by atoms with Crippen LogP contribution in [0.2, 0.25) is 5.02 Å². The number of nitriles is 1. The van der Waals surface area contributed by atoms with Gasteiger partial charge in [-0.2, -0.15) is 5.26 Å². The number of rotatable bonds is 1. The van der Waals surface area contributed by atoms with Gasteiger partial charge in [-0.3, -0.25) is 4.79 Å². The van der Waals surface area contributed by atoms with E-state index >= 15 is 0 Å². The number of hydrogen-bond acceptors (Lipinski definition) is 2. The Morgan fingerprint density at radius 1 is 1.62 bits per heavy atom. The fraction of sp³-hybridized carbons (Fsp3) is 0.111. The fourth-order valence-electron chi connectivity index (χ4n) is 1.01. The Morgan fingerprint density at radius 3 is 2.62 bits per heavy atom. The van der Waals surface area contributed by atoms with Crippen LogP contribution in [0.4, 0.5) is 0 Å². The van der Waals surface area contributed by atoms with Gasteiger partial charge in [0.05, 0.1) is 10.6 Å². The topological polar surface area (TPSA) is 40.9 Å². The molecule has 4 heteroatoms. The Kier molecular flexibility index (Phi) is 3.28. The van der Waals surface area contributed by atoms with Crippen molar-refractivity contribution in [1.29, 1.82) is 5.26 Å². The highest BCUT2D eigenvalue weighted by Gasteiger charge is 2.13. The number of ketones is 1. The number of halogens is 2. The Bertz CT molecular complexity index is 409. The molecule has 0 amide bonds. The summed E-state index contributed by atoms with van der Waals surface area (Å²) in [7, 11) is 0. The molecule has 0 aliphatic carbocycles. The maximum atomic E-state index is 11.2. The van der Waals surface area contributed by atoms with E-state index in [2.05, 4.69) is 0 Å². The SMILES string of the molecule is CC(=O)c1c(I)ccc(Cl)c1C#N. The largest absolute Gasteiger partial charge is 0.294 e. The van der Waals surface area contributed by atoms with Crippen molar-refractivity contribution < 1.29 is 4.79 Å². The van der Waals surface area contributed by atoms with Crippen LogP contribution >= 0.6 is 34.2 Å². The lowest BCUT2D eigenvalue weighted by Gasteiger charge is -2.03. The van der Waals surface area contributed by atoms with Crippen LogP contribution in [0.15, 0.2) is 12.1 Å². The van der Waals surface area contributed by atoms with Crippen LogP contribution in [-0.4, -0.2) is 5.78 Å². The van der Waals surface area contributed by atoms with Crippen molar-refractivity contribution in [2.75, 3.05) is 0 Å². The molecule has 13 heavy (non-hydrogen) atoms. The van der Waals surface area contributed by atoms with Gasteiger partial charge in [-0.15, -0.1) is 0 Å². The van der Waals surface area contributed by atoms with Gasteiger partial charge in [0.15, 0.2) is 5.78 Å². The summed E-state index contributed by atoms with van der Waals surface area (Å²) in [6.07, 6.45) is 0. The molecule has 0 N–H and O–H groups in total. The quantitative estimate of drug-likeness (QED) is 0.591. The average Bonchev–Trinajstić information content (AvgIpc) is 2.07. The van der Waals surface area contributed by atoms with Crippen molar-refractivity contribution in [1.82, 2.24) is 0 Å². The molecule has 0 aliphatic heterocycles. The van der Waals surface area contributed by atoms with Crippen molar-refractivity contribution in [3.05, 3.63) is 31.9 Å². The standard InChI is InChI=1S/C9H5ClINO/c1-5(13)9-6(4-12)7(10)2-3-8(9)11/h2-3H,1H3. The first-order valence-corrected chi connectivity index (χ1v) is 4.92. The fourth-order valence-corrected chi connectivity index (χ4v) is 2.03. The van der Waals surface area contributed by atoms with E-state index in [1.54, 1.807) is 12.1 Å². The molecule has 66 valence electrons. The summed E-state index contributed by atoms with van der Waals surface area (Å²) in [5.41, 5.74) is 0.677. The summed E-state index contributed by atoms with van der Waals surface area (Å²) < 4.78 is 0.756. The number of nitrogens with zero attached hydrogens (tertiary/aromatic N) is 1. The van der Waals surface area contributed by atoms with E-state index in [0.29, 0.717) is 10.6 Å². The van der Waals surface area contributed by atoms with E-state index < -0.39 is 0 Å². The molecule has 0 atom stereocenters. The second-order valence-electron chi connectivity index (χ2n) is 2.45. The van der Waals surface area contributed by atoms with Crippen molar-refractivity contribution in [3.8, 4) is 6.07 Å². The molecular weight excluding hydrogens is 300 g/mol. The van der Waals surface area contributed by atoms with Crippen LogP contribution in [0.1, 0.15) is 22.8 Å². The molecule has 0 saturated heterocycles. The summed E-state index contributed by atoms with van der Waals surface area (Å²) in [5.74, 6) is -0.136. The van der Waals surface area contributed by atoms with Gasteiger partial charge in [-0.25, -0.2) is 0 Å². The smallest absolute Gasteiger partial charge is 0.162 e. The predicted molar refractivity (Wildman–Crippen MR) is 58.9 cm³/mol. The molecule has 0 heterocycles. The van der Waals surface area contributed by atoms with Crippen LogP contribution in [0.25, 0.3) is 0 Å². The molecule has 1 aromatic carbocycles. The molecular formula is C9H5ClINO. The molecule has 1 rings (SSSR count). The Morgan fingerprint density at radius 2 is 2.23 bits per heavy atom. The van der Waals surface area contributed by atoms with Gasteiger partial charge in [0.25, 0.3) is 0 Å². The minimum Gasteiger partial charge on any atom is -0.294 e. The molecule has 0 bridgehead atoms. The van der Waals surface area contributed by atoms with Crippen molar-refractivity contribution in [2.45, 2.75) is 6.92 Å². The van der Waals surface area contributed by atoms with Crippen molar-refractivity contribution in [2.24, 2.45) is 0 Å². The minimum atomic E-state index is -0.136. The van der Waals surface area contributed by atoms with Crippen molar-refractivity contribution >= 4 is 40.0 Å². The van der Waals surface area contributed by atoms with E-state index in [4.69, 9.17) is 16.9 Å². The number of benzene rings is 1. The molecule has 0 spiro atoms. The van der Waals surface area contributed by atoms with Crippen LogP contribution in [0.3, 0.4) is 0 Å². The first-order chi connectivity index (χ1) is 6.07. The third kappa shape index (κ3) is 2.01. The lowest BCUT2D eigenvalue weighted by molar-refractivity contribution is 0.101. The van der Waals surface area contributed by atoms with Crippen LogP contribution in [-0.2, 0) is 0 Å². The highest BCUT2D eigenvalue weighted by molar-refractivity contribution is 14.1. The first kappa shape index (κ1) is 10.5. The summed E-state index contributed by atoms with van der Waals surface area (Å²) in [6.45, 7) is 1.43. The van der Waals surface area contributed by atoms with Gasteiger partial charge in [0, 0.05) is 9.13 Å². The van der Waals surface area contributed by atoms with Crippen molar-refractivity contribution in [3.63, 3.8) is 0 Å². The number of carbonyl (C=O) groups excluding carboxylic acids is 1. The van der Waals surface area contributed by atoms with Gasteiger partial charge < -0.3 is 0 Å². The van der Waals surface area contributed by atoms with E-state index in [9.17, 15) is 4.79 Å². The molecule has 0 aromatic heterocycles. The molecule has 1 aromatic rings. The van der Waals surface area contributed by atoms with Crippen LogP contribution < -0.4 is 0 Å². The van der Waals surface area contributed by atoms with E-state index in [1.807, 2.05) is 28.7 Å². The molecule has 0 fully saturated rings.